The van der Waals surface area contributed by atoms with E-state index in [1.165, 1.54) is 6.07 Å². The fourth-order valence-corrected chi connectivity index (χ4v) is 2.45. The average molecular weight is 329 g/mol. The van der Waals surface area contributed by atoms with E-state index in [-0.39, 0.29) is 17.1 Å². The Morgan fingerprint density at radius 2 is 1.87 bits per heavy atom. The molecule has 3 rings (SSSR count). The van der Waals surface area contributed by atoms with Crippen molar-refractivity contribution in [1.29, 1.82) is 0 Å². The third kappa shape index (κ3) is 2.85. The van der Waals surface area contributed by atoms with Gasteiger partial charge in [-0.05, 0) is 43.7 Å². The van der Waals surface area contributed by atoms with E-state index in [0.717, 1.165) is 5.57 Å². The van der Waals surface area contributed by atoms with Crippen molar-refractivity contribution in [1.82, 2.24) is 0 Å². The molecule has 1 heterocycles. The Labute approximate surface area is 138 Å². The molecule has 0 atom stereocenters. The number of fused-ring (bicyclic) bond motifs is 1. The minimum absolute atomic E-state index is 0.163. The smallest absolute Gasteiger partial charge is 0.345 e. The number of halogens is 1. The van der Waals surface area contributed by atoms with Crippen molar-refractivity contribution >= 4 is 23.4 Å². The zero-order valence-corrected chi connectivity index (χ0v) is 13.3. The summed E-state index contributed by atoms with van der Waals surface area (Å²) in [6, 6.07) is 11.3. The number of carbonyl (C=O) groups excluding carboxylic acids is 2. The van der Waals surface area contributed by atoms with Crippen molar-refractivity contribution in [3.8, 4) is 11.5 Å². The predicted molar refractivity (Wildman–Crippen MR) is 86.2 cm³/mol. The summed E-state index contributed by atoms with van der Waals surface area (Å²) >= 11 is 5.98. The predicted octanol–water partition coefficient (Wildman–Crippen LogP) is 4.43. The molecule has 2 aromatic carbocycles. The number of hydrogen-bond acceptors (Lipinski definition) is 4. The van der Waals surface area contributed by atoms with Crippen molar-refractivity contribution in [3.05, 3.63) is 69.9 Å². The first kappa shape index (κ1) is 15.3. The highest BCUT2D eigenvalue weighted by Crippen LogP contribution is 2.35. The summed E-state index contributed by atoms with van der Waals surface area (Å²) in [5.41, 5.74) is 1.52. The second-order valence-corrected chi connectivity index (χ2v) is 5.69. The maximum absolute atomic E-state index is 12.1. The first-order valence-electron chi connectivity index (χ1n) is 6.98. The Morgan fingerprint density at radius 3 is 2.57 bits per heavy atom. The second kappa shape index (κ2) is 5.89. The van der Waals surface area contributed by atoms with Gasteiger partial charge in [0.05, 0.1) is 16.1 Å². The lowest BCUT2D eigenvalue weighted by atomic mass is 10.1. The Hall–Kier alpha value is -2.59. The van der Waals surface area contributed by atoms with E-state index in [4.69, 9.17) is 21.1 Å². The van der Waals surface area contributed by atoms with E-state index < -0.39 is 5.97 Å². The van der Waals surface area contributed by atoms with Gasteiger partial charge >= 0.3 is 5.97 Å². The van der Waals surface area contributed by atoms with Gasteiger partial charge in [0.1, 0.15) is 11.5 Å². The van der Waals surface area contributed by atoms with E-state index in [2.05, 4.69) is 0 Å². The molecule has 0 saturated heterocycles. The van der Waals surface area contributed by atoms with Gasteiger partial charge in [-0.1, -0.05) is 23.7 Å². The molecule has 0 amide bonds. The lowest BCUT2D eigenvalue weighted by Crippen LogP contribution is -2.09. The largest absolute Gasteiger partial charge is 0.452 e. The SMILES string of the molecule is CC(C)=C1Oc2cc(OC(=O)c3ccccc3Cl)ccc2C1=O. The van der Waals surface area contributed by atoms with E-state index in [1.54, 1.807) is 50.2 Å². The number of Topliss-reactive ketones (excluding diaryl/α,β-unsaturated/α-hetero) is 1. The zero-order chi connectivity index (χ0) is 16.6. The van der Waals surface area contributed by atoms with Crippen LogP contribution in [0.3, 0.4) is 0 Å². The van der Waals surface area contributed by atoms with Crippen LogP contribution in [-0.4, -0.2) is 11.8 Å². The minimum Gasteiger partial charge on any atom is -0.452 e. The van der Waals surface area contributed by atoms with Crippen LogP contribution in [0.15, 0.2) is 53.8 Å². The molecule has 1 aliphatic heterocycles. The Morgan fingerprint density at radius 1 is 1.13 bits per heavy atom. The van der Waals surface area contributed by atoms with Crippen molar-refractivity contribution in [2.24, 2.45) is 0 Å². The molecule has 0 fully saturated rings. The molecule has 0 aromatic heterocycles. The molecule has 0 N–H and O–H groups in total. The monoisotopic (exact) mass is 328 g/mol. The first-order chi connectivity index (χ1) is 11.0. The molecule has 23 heavy (non-hydrogen) atoms. The Bertz CT molecular complexity index is 848. The summed E-state index contributed by atoms with van der Waals surface area (Å²) in [6.07, 6.45) is 0. The molecule has 2 aromatic rings. The van der Waals surface area contributed by atoms with Crippen LogP contribution in [0.25, 0.3) is 0 Å². The van der Waals surface area contributed by atoms with Crippen LogP contribution in [0.2, 0.25) is 5.02 Å². The fourth-order valence-electron chi connectivity index (χ4n) is 2.23. The molecule has 0 spiro atoms. The average Bonchev–Trinajstić information content (AvgIpc) is 2.84. The summed E-state index contributed by atoms with van der Waals surface area (Å²) in [6.45, 7) is 3.61. The Kier molecular flexibility index (Phi) is 3.92. The van der Waals surface area contributed by atoms with Crippen LogP contribution in [0.5, 0.6) is 11.5 Å². The van der Waals surface area contributed by atoms with Crippen molar-refractivity contribution in [2.75, 3.05) is 0 Å². The van der Waals surface area contributed by atoms with Crippen molar-refractivity contribution < 1.29 is 19.1 Å². The van der Waals surface area contributed by atoms with Gasteiger partial charge in [-0.3, -0.25) is 4.79 Å². The summed E-state index contributed by atoms with van der Waals surface area (Å²) in [5.74, 6) is 0.257. The van der Waals surface area contributed by atoms with Gasteiger partial charge in [0.15, 0.2) is 5.76 Å². The molecule has 5 heteroatoms. The summed E-state index contributed by atoms with van der Waals surface area (Å²) < 4.78 is 10.9. The van der Waals surface area contributed by atoms with Gasteiger partial charge in [0.25, 0.3) is 0 Å². The van der Waals surface area contributed by atoms with Crippen LogP contribution < -0.4 is 9.47 Å². The van der Waals surface area contributed by atoms with Crippen LogP contribution in [0.1, 0.15) is 34.6 Å². The van der Waals surface area contributed by atoms with Crippen LogP contribution in [0.4, 0.5) is 0 Å². The molecule has 116 valence electrons. The number of carbonyl (C=O) groups is 2. The summed E-state index contributed by atoms with van der Waals surface area (Å²) in [4.78, 5) is 24.3. The van der Waals surface area contributed by atoms with Crippen LogP contribution in [0, 0.1) is 0 Å². The molecule has 1 aliphatic rings. The van der Waals surface area contributed by atoms with Crippen LogP contribution >= 0.6 is 11.6 Å². The third-order valence-electron chi connectivity index (χ3n) is 3.37. The lowest BCUT2D eigenvalue weighted by Gasteiger charge is -2.06. The number of hydrogen-bond donors (Lipinski definition) is 0. The van der Waals surface area contributed by atoms with E-state index >= 15 is 0 Å². The van der Waals surface area contributed by atoms with E-state index in [1.807, 2.05) is 0 Å². The highest BCUT2D eigenvalue weighted by Gasteiger charge is 2.28. The molecule has 4 nitrogen and oxygen atoms in total. The topological polar surface area (TPSA) is 52.6 Å². The highest BCUT2D eigenvalue weighted by molar-refractivity contribution is 6.33. The van der Waals surface area contributed by atoms with E-state index in [9.17, 15) is 9.59 Å². The van der Waals surface area contributed by atoms with Crippen molar-refractivity contribution in [3.63, 3.8) is 0 Å². The Balaban J connectivity index is 1.87. The molecule has 0 bridgehead atoms. The van der Waals surface area contributed by atoms with Crippen molar-refractivity contribution in [2.45, 2.75) is 13.8 Å². The maximum Gasteiger partial charge on any atom is 0.345 e. The molecule has 0 saturated carbocycles. The summed E-state index contributed by atoms with van der Waals surface area (Å²) in [5, 5.41) is 0.317. The van der Waals surface area contributed by atoms with Gasteiger partial charge in [-0.2, -0.15) is 0 Å². The number of esters is 1. The lowest BCUT2D eigenvalue weighted by molar-refractivity contribution is 0.0734. The highest BCUT2D eigenvalue weighted by atomic mass is 35.5. The number of rotatable bonds is 2. The number of allylic oxidation sites excluding steroid dienone is 2. The van der Waals surface area contributed by atoms with Gasteiger partial charge in [0.2, 0.25) is 5.78 Å². The molecule has 0 aliphatic carbocycles. The van der Waals surface area contributed by atoms with Gasteiger partial charge < -0.3 is 9.47 Å². The van der Waals surface area contributed by atoms with E-state index in [0.29, 0.717) is 22.1 Å². The zero-order valence-electron chi connectivity index (χ0n) is 12.6. The van der Waals surface area contributed by atoms with Gasteiger partial charge in [-0.15, -0.1) is 0 Å². The first-order valence-corrected chi connectivity index (χ1v) is 7.36. The normalized spacial score (nSPS) is 12.7. The quantitative estimate of drug-likeness (QED) is 0.465. The molecular weight excluding hydrogens is 316 g/mol. The number of ether oxygens (including phenoxy) is 2. The maximum atomic E-state index is 12.1. The number of benzene rings is 2. The standard InChI is InChI=1S/C18H13ClO4/c1-10(2)17-16(20)13-8-7-11(9-15(13)23-17)22-18(21)12-5-3-4-6-14(12)19/h3-9H,1-2H3. The molecular formula is C18H13ClO4. The third-order valence-corrected chi connectivity index (χ3v) is 3.70. The van der Waals surface area contributed by atoms with Gasteiger partial charge in [-0.25, -0.2) is 4.79 Å². The fraction of sp³-hybridized carbons (Fsp3) is 0.111. The molecule has 0 unspecified atom stereocenters. The number of ketones is 1. The van der Waals surface area contributed by atoms with Gasteiger partial charge in [0, 0.05) is 6.07 Å². The summed E-state index contributed by atoms with van der Waals surface area (Å²) in [7, 11) is 0. The second-order valence-electron chi connectivity index (χ2n) is 5.29. The molecule has 0 radical (unpaired) electrons. The minimum atomic E-state index is -0.567. The van der Waals surface area contributed by atoms with Crippen LogP contribution in [-0.2, 0) is 0 Å².